The van der Waals surface area contributed by atoms with E-state index in [1.807, 2.05) is 35.2 Å². The van der Waals surface area contributed by atoms with Crippen molar-refractivity contribution in [2.45, 2.75) is 26.0 Å². The molecular weight excluding hydrogens is 421 g/mol. The monoisotopic (exact) mass is 447 g/mol. The highest BCUT2D eigenvalue weighted by molar-refractivity contribution is 6.31. The van der Waals surface area contributed by atoms with Crippen LogP contribution in [0.3, 0.4) is 0 Å². The molecule has 8 heteroatoms. The van der Waals surface area contributed by atoms with Gasteiger partial charge in [0.1, 0.15) is 12.4 Å². The predicted octanol–water partition coefficient (Wildman–Crippen LogP) is 3.83. The molecule has 6 nitrogen and oxygen atoms in total. The molecule has 0 radical (unpaired) electrons. The summed E-state index contributed by atoms with van der Waals surface area (Å²) in [5, 5.41) is 3.09. The summed E-state index contributed by atoms with van der Waals surface area (Å²) in [6, 6.07) is 14.1. The van der Waals surface area contributed by atoms with Crippen LogP contribution in [0.1, 0.15) is 24.0 Å². The van der Waals surface area contributed by atoms with Gasteiger partial charge in [0, 0.05) is 56.3 Å². The summed E-state index contributed by atoms with van der Waals surface area (Å²) in [7, 11) is 0. The van der Waals surface area contributed by atoms with Crippen molar-refractivity contribution >= 4 is 23.6 Å². The van der Waals surface area contributed by atoms with E-state index in [2.05, 4.69) is 10.2 Å². The Morgan fingerprint density at radius 1 is 1.03 bits per heavy atom. The van der Waals surface area contributed by atoms with E-state index in [0.29, 0.717) is 62.7 Å². The van der Waals surface area contributed by atoms with E-state index in [1.54, 1.807) is 12.1 Å². The number of carbonyl (C=O) groups excluding carboxylic acids is 2. The van der Waals surface area contributed by atoms with E-state index in [0.717, 1.165) is 5.56 Å². The number of hydrogen-bond donors (Lipinski definition) is 1. The molecule has 1 heterocycles. The Balaban J connectivity index is 1.30. The maximum absolute atomic E-state index is 14.0. The fourth-order valence-electron chi connectivity index (χ4n) is 3.42. The second-order valence-corrected chi connectivity index (χ2v) is 7.86. The zero-order valence-corrected chi connectivity index (χ0v) is 18.1. The van der Waals surface area contributed by atoms with Crippen molar-refractivity contribution in [2.75, 3.05) is 32.7 Å². The molecule has 0 aromatic heterocycles. The van der Waals surface area contributed by atoms with E-state index >= 15 is 0 Å². The number of halogens is 2. The van der Waals surface area contributed by atoms with Crippen molar-refractivity contribution in [1.29, 1.82) is 0 Å². The van der Waals surface area contributed by atoms with Gasteiger partial charge in [-0.2, -0.15) is 0 Å². The van der Waals surface area contributed by atoms with Gasteiger partial charge in [0.25, 0.3) is 0 Å². The van der Waals surface area contributed by atoms with Crippen LogP contribution in [0.4, 0.5) is 9.18 Å². The van der Waals surface area contributed by atoms with Crippen LogP contribution in [-0.2, 0) is 22.7 Å². The first kappa shape index (κ1) is 23.0. The number of hydrogen-bond acceptors (Lipinski definition) is 4. The summed E-state index contributed by atoms with van der Waals surface area (Å²) in [6.45, 7) is 3.55. The van der Waals surface area contributed by atoms with Gasteiger partial charge in [-0.15, -0.1) is 0 Å². The third kappa shape index (κ3) is 7.22. The number of amides is 2. The first-order valence-electron chi connectivity index (χ1n) is 10.4. The van der Waals surface area contributed by atoms with E-state index in [9.17, 15) is 14.0 Å². The molecule has 2 aromatic rings. The number of rotatable bonds is 8. The second-order valence-electron chi connectivity index (χ2n) is 7.45. The Bertz CT molecular complexity index is 853. The molecule has 1 fully saturated rings. The number of piperazine rings is 1. The highest BCUT2D eigenvalue weighted by Crippen LogP contribution is 2.21. The minimum absolute atomic E-state index is 0.0584. The standard InChI is InChI=1S/C23H27ClFN3O3/c24-20-8-4-9-21(25)19(20)16-27-12-14-28(15-13-27)22(29)10-5-11-26-23(30)31-17-18-6-2-1-3-7-18/h1-4,6-9H,5,10-17H2,(H,26,30). The Morgan fingerprint density at radius 3 is 2.48 bits per heavy atom. The predicted molar refractivity (Wildman–Crippen MR) is 117 cm³/mol. The summed E-state index contributed by atoms with van der Waals surface area (Å²) < 4.78 is 19.1. The largest absolute Gasteiger partial charge is 0.445 e. The molecule has 0 atom stereocenters. The topological polar surface area (TPSA) is 61.9 Å². The molecule has 1 N–H and O–H groups in total. The van der Waals surface area contributed by atoms with Crippen LogP contribution in [0.15, 0.2) is 48.5 Å². The minimum atomic E-state index is -0.489. The van der Waals surface area contributed by atoms with Crippen molar-refractivity contribution in [2.24, 2.45) is 0 Å². The third-order valence-electron chi connectivity index (χ3n) is 5.22. The zero-order chi connectivity index (χ0) is 22.1. The lowest BCUT2D eigenvalue weighted by molar-refractivity contribution is -0.133. The van der Waals surface area contributed by atoms with Crippen LogP contribution in [0.2, 0.25) is 5.02 Å². The lowest BCUT2D eigenvalue weighted by Gasteiger charge is -2.35. The molecule has 0 aliphatic carbocycles. The van der Waals surface area contributed by atoms with Gasteiger partial charge in [0.05, 0.1) is 0 Å². The van der Waals surface area contributed by atoms with Gasteiger partial charge >= 0.3 is 6.09 Å². The molecule has 2 aromatic carbocycles. The van der Waals surface area contributed by atoms with Gasteiger partial charge < -0.3 is 15.0 Å². The molecule has 0 unspecified atom stereocenters. The summed E-state index contributed by atoms with van der Waals surface area (Å²) in [5.41, 5.74) is 1.42. The number of benzene rings is 2. The summed E-state index contributed by atoms with van der Waals surface area (Å²) in [6.07, 6.45) is 0.416. The van der Waals surface area contributed by atoms with E-state index < -0.39 is 6.09 Å². The molecule has 0 saturated carbocycles. The van der Waals surface area contributed by atoms with E-state index in [1.165, 1.54) is 6.07 Å². The number of nitrogens with zero attached hydrogens (tertiary/aromatic N) is 2. The first-order chi connectivity index (χ1) is 15.0. The lowest BCUT2D eigenvalue weighted by atomic mass is 10.1. The van der Waals surface area contributed by atoms with Crippen LogP contribution in [0.5, 0.6) is 0 Å². The van der Waals surface area contributed by atoms with E-state index in [-0.39, 0.29) is 18.3 Å². The molecule has 3 rings (SSSR count). The van der Waals surface area contributed by atoms with Crippen molar-refractivity contribution < 1.29 is 18.7 Å². The second kappa shape index (κ2) is 11.7. The molecule has 31 heavy (non-hydrogen) atoms. The highest BCUT2D eigenvalue weighted by Gasteiger charge is 2.22. The smallest absolute Gasteiger partial charge is 0.407 e. The lowest BCUT2D eigenvalue weighted by Crippen LogP contribution is -2.48. The fraction of sp³-hybridized carbons (Fsp3) is 0.391. The van der Waals surface area contributed by atoms with Crippen molar-refractivity contribution in [3.8, 4) is 0 Å². The molecule has 1 saturated heterocycles. The number of nitrogens with one attached hydrogen (secondary N) is 1. The highest BCUT2D eigenvalue weighted by atomic mass is 35.5. The fourth-order valence-corrected chi connectivity index (χ4v) is 3.65. The maximum Gasteiger partial charge on any atom is 0.407 e. The molecular formula is C23H27ClFN3O3. The third-order valence-corrected chi connectivity index (χ3v) is 5.57. The van der Waals surface area contributed by atoms with Crippen LogP contribution in [0, 0.1) is 5.82 Å². The molecule has 2 amide bonds. The number of ether oxygens (including phenoxy) is 1. The minimum Gasteiger partial charge on any atom is -0.445 e. The number of carbonyl (C=O) groups is 2. The SMILES string of the molecule is O=C(NCCCC(=O)N1CCN(Cc2c(F)cccc2Cl)CC1)OCc1ccccc1. The Kier molecular flexibility index (Phi) is 8.67. The van der Waals surface area contributed by atoms with E-state index in [4.69, 9.17) is 16.3 Å². The average Bonchev–Trinajstić information content (AvgIpc) is 2.79. The van der Waals surface area contributed by atoms with Gasteiger partial charge in [-0.3, -0.25) is 9.69 Å². The number of alkyl carbamates (subject to hydrolysis) is 1. The summed E-state index contributed by atoms with van der Waals surface area (Å²) in [5.74, 6) is -0.246. The van der Waals surface area contributed by atoms with Gasteiger partial charge in [-0.1, -0.05) is 48.0 Å². The summed E-state index contributed by atoms with van der Waals surface area (Å²) in [4.78, 5) is 28.0. The Morgan fingerprint density at radius 2 is 1.77 bits per heavy atom. The van der Waals surface area contributed by atoms with Gasteiger partial charge in [-0.25, -0.2) is 9.18 Å². The van der Waals surface area contributed by atoms with Gasteiger partial charge in [0.15, 0.2) is 0 Å². The van der Waals surface area contributed by atoms with Crippen LogP contribution in [0.25, 0.3) is 0 Å². The molecule has 1 aliphatic heterocycles. The first-order valence-corrected chi connectivity index (χ1v) is 10.8. The zero-order valence-electron chi connectivity index (χ0n) is 17.4. The Hall–Kier alpha value is -2.64. The van der Waals surface area contributed by atoms with Gasteiger partial charge in [-0.05, 0) is 24.1 Å². The molecule has 1 aliphatic rings. The van der Waals surface area contributed by atoms with Crippen LogP contribution in [-0.4, -0.2) is 54.5 Å². The molecule has 166 valence electrons. The maximum atomic E-state index is 14.0. The van der Waals surface area contributed by atoms with Crippen molar-refractivity contribution in [3.63, 3.8) is 0 Å². The quantitative estimate of drug-likeness (QED) is 0.625. The van der Waals surface area contributed by atoms with Crippen molar-refractivity contribution in [1.82, 2.24) is 15.1 Å². The van der Waals surface area contributed by atoms with Gasteiger partial charge in [0.2, 0.25) is 5.91 Å². The van der Waals surface area contributed by atoms with Crippen LogP contribution < -0.4 is 5.32 Å². The average molecular weight is 448 g/mol. The normalized spacial score (nSPS) is 14.3. The molecule has 0 spiro atoms. The Labute approximate surface area is 186 Å². The summed E-state index contributed by atoms with van der Waals surface area (Å²) >= 11 is 6.10. The van der Waals surface area contributed by atoms with Crippen LogP contribution >= 0.6 is 11.6 Å². The van der Waals surface area contributed by atoms with Crippen molar-refractivity contribution in [3.05, 3.63) is 70.5 Å². The molecule has 0 bridgehead atoms.